The molecule has 1 atom stereocenters. The van der Waals surface area contributed by atoms with Gasteiger partial charge in [-0.3, -0.25) is 4.79 Å². The van der Waals surface area contributed by atoms with Crippen molar-refractivity contribution < 1.29 is 9.90 Å². The number of benzene rings is 2. The molecule has 6 heteroatoms. The Hall–Kier alpha value is -2.44. The predicted octanol–water partition coefficient (Wildman–Crippen LogP) is 3.30. The SMILES string of the molecule is O=C(NC(CO)c1ccc(Br)cc1)c1cnc(-c2ccccc2)[nH]1. The molecule has 122 valence electrons. The molecule has 1 heterocycles. The number of hydrogen-bond donors (Lipinski definition) is 3. The van der Waals surface area contributed by atoms with Crippen LogP contribution in [-0.4, -0.2) is 27.6 Å². The number of hydrogen-bond acceptors (Lipinski definition) is 3. The van der Waals surface area contributed by atoms with Gasteiger partial charge in [-0.2, -0.15) is 0 Å². The second-order valence-corrected chi connectivity index (χ2v) is 6.19. The van der Waals surface area contributed by atoms with Gasteiger partial charge in [-0.25, -0.2) is 4.98 Å². The van der Waals surface area contributed by atoms with E-state index in [1.165, 1.54) is 6.20 Å². The molecule has 2 aromatic carbocycles. The van der Waals surface area contributed by atoms with Gasteiger partial charge in [0.1, 0.15) is 11.5 Å². The van der Waals surface area contributed by atoms with E-state index in [1.54, 1.807) is 0 Å². The molecule has 0 radical (unpaired) electrons. The molecular weight excluding hydrogens is 370 g/mol. The van der Waals surface area contributed by atoms with Crippen LogP contribution in [0, 0.1) is 0 Å². The van der Waals surface area contributed by atoms with E-state index in [-0.39, 0.29) is 12.5 Å². The van der Waals surface area contributed by atoms with Gasteiger partial charge in [-0.15, -0.1) is 0 Å². The molecule has 0 saturated heterocycles. The minimum atomic E-state index is -0.478. The highest BCUT2D eigenvalue weighted by molar-refractivity contribution is 9.10. The smallest absolute Gasteiger partial charge is 0.269 e. The van der Waals surface area contributed by atoms with Crippen molar-refractivity contribution in [2.75, 3.05) is 6.61 Å². The number of rotatable bonds is 5. The van der Waals surface area contributed by atoms with E-state index < -0.39 is 6.04 Å². The number of halogens is 1. The highest BCUT2D eigenvalue weighted by Crippen LogP contribution is 2.18. The van der Waals surface area contributed by atoms with Crippen LogP contribution >= 0.6 is 15.9 Å². The topological polar surface area (TPSA) is 78.0 Å². The summed E-state index contributed by atoms with van der Waals surface area (Å²) in [6.45, 7) is -0.187. The molecule has 1 aromatic heterocycles. The first kappa shape index (κ1) is 16.4. The summed E-state index contributed by atoms with van der Waals surface area (Å²) in [6, 6.07) is 16.5. The van der Waals surface area contributed by atoms with Crippen LogP contribution in [0.5, 0.6) is 0 Å². The molecule has 0 saturated carbocycles. The summed E-state index contributed by atoms with van der Waals surface area (Å²) in [6.07, 6.45) is 1.49. The molecule has 24 heavy (non-hydrogen) atoms. The average molecular weight is 386 g/mol. The number of nitrogens with zero attached hydrogens (tertiary/aromatic N) is 1. The minimum Gasteiger partial charge on any atom is -0.394 e. The maximum Gasteiger partial charge on any atom is 0.269 e. The van der Waals surface area contributed by atoms with Gasteiger partial charge >= 0.3 is 0 Å². The number of aromatic amines is 1. The fraction of sp³-hybridized carbons (Fsp3) is 0.111. The van der Waals surface area contributed by atoms with Gasteiger partial charge in [0.2, 0.25) is 0 Å². The Morgan fingerprint density at radius 3 is 2.54 bits per heavy atom. The average Bonchev–Trinajstić information content (AvgIpc) is 3.11. The van der Waals surface area contributed by atoms with Crippen molar-refractivity contribution in [1.82, 2.24) is 15.3 Å². The van der Waals surface area contributed by atoms with Crippen LogP contribution in [0.1, 0.15) is 22.1 Å². The third-order valence-corrected chi connectivity index (χ3v) is 4.16. The van der Waals surface area contributed by atoms with Gasteiger partial charge in [0.05, 0.1) is 18.8 Å². The molecule has 3 N–H and O–H groups in total. The summed E-state index contributed by atoms with van der Waals surface area (Å²) in [5.41, 5.74) is 2.09. The molecule has 0 bridgehead atoms. The van der Waals surface area contributed by atoms with Crippen LogP contribution in [-0.2, 0) is 0 Å². The number of H-pyrrole nitrogens is 1. The first-order chi connectivity index (χ1) is 11.7. The maximum atomic E-state index is 12.4. The fourth-order valence-corrected chi connectivity index (χ4v) is 2.61. The highest BCUT2D eigenvalue weighted by atomic mass is 79.9. The Balaban J connectivity index is 1.74. The van der Waals surface area contributed by atoms with E-state index in [1.807, 2.05) is 54.6 Å². The zero-order chi connectivity index (χ0) is 16.9. The van der Waals surface area contributed by atoms with Crippen LogP contribution in [0.25, 0.3) is 11.4 Å². The van der Waals surface area contributed by atoms with Crippen LogP contribution < -0.4 is 5.32 Å². The van der Waals surface area contributed by atoms with E-state index in [9.17, 15) is 9.90 Å². The van der Waals surface area contributed by atoms with Crippen LogP contribution in [0.15, 0.2) is 65.3 Å². The van der Waals surface area contributed by atoms with Gasteiger partial charge in [0.15, 0.2) is 0 Å². The zero-order valence-electron chi connectivity index (χ0n) is 12.7. The summed E-state index contributed by atoms with van der Waals surface area (Å²) in [7, 11) is 0. The van der Waals surface area contributed by atoms with Gasteiger partial charge in [0.25, 0.3) is 5.91 Å². The molecule has 3 aromatic rings. The lowest BCUT2D eigenvalue weighted by Crippen LogP contribution is -2.31. The lowest BCUT2D eigenvalue weighted by molar-refractivity contribution is 0.0911. The number of carbonyl (C=O) groups excluding carboxylic acids is 1. The molecule has 3 rings (SSSR count). The van der Waals surface area contributed by atoms with Gasteiger partial charge < -0.3 is 15.4 Å². The van der Waals surface area contributed by atoms with Crippen LogP contribution in [0.3, 0.4) is 0 Å². The molecule has 0 fully saturated rings. The number of aliphatic hydroxyl groups excluding tert-OH is 1. The number of nitrogens with one attached hydrogen (secondary N) is 2. The second kappa shape index (κ2) is 7.42. The summed E-state index contributed by atoms with van der Waals surface area (Å²) >= 11 is 3.37. The summed E-state index contributed by atoms with van der Waals surface area (Å²) in [4.78, 5) is 19.6. The van der Waals surface area contributed by atoms with Crippen molar-refractivity contribution in [3.8, 4) is 11.4 Å². The normalized spacial score (nSPS) is 11.9. The second-order valence-electron chi connectivity index (χ2n) is 5.27. The Morgan fingerprint density at radius 1 is 1.17 bits per heavy atom. The van der Waals surface area contributed by atoms with Gasteiger partial charge in [0, 0.05) is 10.0 Å². The predicted molar refractivity (Wildman–Crippen MR) is 95.5 cm³/mol. The van der Waals surface area contributed by atoms with E-state index in [0.717, 1.165) is 15.6 Å². The number of aromatic nitrogens is 2. The molecule has 1 amide bonds. The maximum absolute atomic E-state index is 12.4. The third-order valence-electron chi connectivity index (χ3n) is 3.63. The quantitative estimate of drug-likeness (QED) is 0.630. The van der Waals surface area contributed by atoms with Crippen molar-refractivity contribution in [3.05, 3.63) is 76.5 Å². The van der Waals surface area contributed by atoms with E-state index in [2.05, 4.69) is 31.2 Å². The first-order valence-corrected chi connectivity index (χ1v) is 8.24. The lowest BCUT2D eigenvalue weighted by atomic mass is 10.1. The number of carbonyl (C=O) groups is 1. The summed E-state index contributed by atoms with van der Waals surface area (Å²) in [5.74, 6) is 0.316. The summed E-state index contributed by atoms with van der Waals surface area (Å²) < 4.78 is 0.940. The molecule has 1 unspecified atom stereocenters. The number of imidazole rings is 1. The monoisotopic (exact) mass is 385 g/mol. The van der Waals surface area contributed by atoms with Crippen LogP contribution in [0.4, 0.5) is 0 Å². The Morgan fingerprint density at radius 2 is 1.88 bits per heavy atom. The highest BCUT2D eigenvalue weighted by Gasteiger charge is 2.17. The standard InChI is InChI=1S/C18H16BrN3O2/c19-14-8-6-12(7-9-14)16(11-23)22-18(24)15-10-20-17(21-15)13-4-2-1-3-5-13/h1-10,16,23H,11H2,(H,20,21)(H,22,24). The molecule has 0 spiro atoms. The molecular formula is C18H16BrN3O2. The molecule has 0 aliphatic heterocycles. The Kier molecular flexibility index (Phi) is 5.08. The minimum absolute atomic E-state index is 0.187. The molecule has 0 aliphatic rings. The molecule has 0 aliphatic carbocycles. The third kappa shape index (κ3) is 3.72. The Labute approximate surface area is 147 Å². The number of amides is 1. The van der Waals surface area contributed by atoms with Gasteiger partial charge in [-0.1, -0.05) is 58.4 Å². The van der Waals surface area contributed by atoms with E-state index >= 15 is 0 Å². The Bertz CT molecular complexity index is 816. The fourth-order valence-electron chi connectivity index (χ4n) is 2.34. The van der Waals surface area contributed by atoms with Crippen molar-refractivity contribution >= 4 is 21.8 Å². The van der Waals surface area contributed by atoms with Crippen molar-refractivity contribution in [2.45, 2.75) is 6.04 Å². The van der Waals surface area contributed by atoms with Crippen molar-refractivity contribution in [1.29, 1.82) is 0 Å². The molecule has 5 nitrogen and oxygen atoms in total. The zero-order valence-corrected chi connectivity index (χ0v) is 14.3. The van der Waals surface area contributed by atoms with Crippen molar-refractivity contribution in [3.63, 3.8) is 0 Å². The summed E-state index contributed by atoms with van der Waals surface area (Å²) in [5, 5.41) is 12.4. The van der Waals surface area contributed by atoms with E-state index in [4.69, 9.17) is 0 Å². The van der Waals surface area contributed by atoms with Crippen molar-refractivity contribution in [2.24, 2.45) is 0 Å². The van der Waals surface area contributed by atoms with Gasteiger partial charge in [-0.05, 0) is 17.7 Å². The largest absolute Gasteiger partial charge is 0.394 e. The number of aliphatic hydroxyl groups is 1. The van der Waals surface area contributed by atoms with Crippen LogP contribution in [0.2, 0.25) is 0 Å². The first-order valence-electron chi connectivity index (χ1n) is 7.45. The lowest BCUT2D eigenvalue weighted by Gasteiger charge is -2.16. The van der Waals surface area contributed by atoms with E-state index in [0.29, 0.717) is 11.5 Å².